The van der Waals surface area contributed by atoms with E-state index in [-0.39, 0.29) is 11.9 Å². The molecular formula is C14H22FNO2. The molecule has 1 aromatic carbocycles. The van der Waals surface area contributed by atoms with Gasteiger partial charge in [0.15, 0.2) is 11.6 Å². The fourth-order valence-corrected chi connectivity index (χ4v) is 1.68. The minimum absolute atomic E-state index is 0.0353. The monoisotopic (exact) mass is 255 g/mol. The number of methoxy groups -OCH3 is 1. The van der Waals surface area contributed by atoms with E-state index in [9.17, 15) is 4.39 Å². The summed E-state index contributed by atoms with van der Waals surface area (Å²) in [4.78, 5) is 0. The van der Waals surface area contributed by atoms with Crippen molar-refractivity contribution in [2.24, 2.45) is 5.73 Å². The van der Waals surface area contributed by atoms with Crippen LogP contribution in [-0.4, -0.2) is 26.4 Å². The highest BCUT2D eigenvalue weighted by molar-refractivity contribution is 5.35. The largest absolute Gasteiger partial charge is 0.490 e. The highest BCUT2D eigenvalue weighted by Crippen LogP contribution is 2.24. The van der Waals surface area contributed by atoms with Gasteiger partial charge < -0.3 is 15.2 Å². The lowest BCUT2D eigenvalue weighted by Gasteiger charge is -2.15. The zero-order valence-electron chi connectivity index (χ0n) is 11.1. The molecule has 4 heteroatoms. The van der Waals surface area contributed by atoms with Crippen molar-refractivity contribution in [2.75, 3.05) is 20.3 Å². The normalized spacial score (nSPS) is 12.4. The molecule has 0 aliphatic heterocycles. The van der Waals surface area contributed by atoms with Gasteiger partial charge >= 0.3 is 0 Å². The Hall–Kier alpha value is -1.13. The quantitative estimate of drug-likeness (QED) is 0.726. The number of hydrogen-bond donors (Lipinski definition) is 1. The Labute approximate surface area is 108 Å². The fraction of sp³-hybridized carbons (Fsp3) is 0.571. The zero-order valence-corrected chi connectivity index (χ0v) is 11.1. The van der Waals surface area contributed by atoms with Crippen molar-refractivity contribution in [1.82, 2.24) is 0 Å². The average Bonchev–Trinajstić information content (AvgIpc) is 2.37. The summed E-state index contributed by atoms with van der Waals surface area (Å²) in [5, 5.41) is 0. The van der Waals surface area contributed by atoms with Crippen LogP contribution in [0.15, 0.2) is 18.2 Å². The summed E-state index contributed by atoms with van der Waals surface area (Å²) in [6, 6.07) is 5.00. The van der Waals surface area contributed by atoms with Crippen LogP contribution in [0.3, 0.4) is 0 Å². The van der Waals surface area contributed by atoms with Gasteiger partial charge in [-0.1, -0.05) is 19.1 Å². The van der Waals surface area contributed by atoms with Crippen LogP contribution in [-0.2, 0) is 11.2 Å². The molecule has 0 amide bonds. The second-order valence-corrected chi connectivity index (χ2v) is 4.30. The Bertz CT molecular complexity index is 358. The van der Waals surface area contributed by atoms with Crippen molar-refractivity contribution in [3.63, 3.8) is 0 Å². The third-order valence-corrected chi connectivity index (χ3v) is 2.79. The number of hydrogen-bond acceptors (Lipinski definition) is 3. The van der Waals surface area contributed by atoms with Crippen LogP contribution in [0.4, 0.5) is 4.39 Å². The average molecular weight is 255 g/mol. The number of ether oxygens (including phenoxy) is 2. The Kier molecular flexibility index (Phi) is 6.68. The predicted molar refractivity (Wildman–Crippen MR) is 70.4 cm³/mol. The van der Waals surface area contributed by atoms with Crippen LogP contribution in [0.5, 0.6) is 5.75 Å². The molecule has 0 fully saturated rings. The van der Waals surface area contributed by atoms with E-state index >= 15 is 0 Å². The zero-order chi connectivity index (χ0) is 13.4. The molecule has 3 nitrogen and oxygen atoms in total. The van der Waals surface area contributed by atoms with E-state index in [4.69, 9.17) is 15.2 Å². The van der Waals surface area contributed by atoms with Crippen LogP contribution in [0, 0.1) is 5.82 Å². The van der Waals surface area contributed by atoms with E-state index in [1.807, 2.05) is 13.0 Å². The lowest BCUT2D eigenvalue weighted by molar-refractivity contribution is 0.170. The first-order chi connectivity index (χ1) is 8.69. The molecule has 0 heterocycles. The molecule has 1 atom stereocenters. The summed E-state index contributed by atoms with van der Waals surface area (Å²) < 4.78 is 24.1. The van der Waals surface area contributed by atoms with E-state index in [0.29, 0.717) is 25.4 Å². The maximum Gasteiger partial charge on any atom is 0.165 e. The smallest absolute Gasteiger partial charge is 0.165 e. The van der Waals surface area contributed by atoms with Crippen molar-refractivity contribution in [3.8, 4) is 5.75 Å². The summed E-state index contributed by atoms with van der Waals surface area (Å²) in [6.07, 6.45) is 2.23. The first kappa shape index (κ1) is 14.9. The molecule has 1 unspecified atom stereocenters. The van der Waals surface area contributed by atoms with Crippen LogP contribution in [0.2, 0.25) is 0 Å². The molecule has 2 N–H and O–H groups in total. The van der Waals surface area contributed by atoms with Crippen LogP contribution < -0.4 is 10.5 Å². The Balaban J connectivity index is 2.67. The summed E-state index contributed by atoms with van der Waals surface area (Å²) >= 11 is 0. The molecule has 1 rings (SSSR count). The molecule has 0 radical (unpaired) electrons. The van der Waals surface area contributed by atoms with E-state index in [1.165, 1.54) is 6.07 Å². The number of benzene rings is 1. The van der Waals surface area contributed by atoms with E-state index in [0.717, 1.165) is 18.4 Å². The molecule has 0 aliphatic carbocycles. The minimum Gasteiger partial charge on any atom is -0.490 e. The third-order valence-electron chi connectivity index (χ3n) is 2.79. The first-order valence-electron chi connectivity index (χ1n) is 6.33. The number of nitrogens with two attached hydrogens (primary N) is 1. The van der Waals surface area contributed by atoms with Gasteiger partial charge in [0.1, 0.15) is 0 Å². The Morgan fingerprint density at radius 3 is 2.78 bits per heavy atom. The van der Waals surface area contributed by atoms with Gasteiger partial charge in [-0.25, -0.2) is 4.39 Å². The minimum atomic E-state index is -0.326. The van der Waals surface area contributed by atoms with Gasteiger partial charge in [0.25, 0.3) is 0 Å². The molecule has 0 bridgehead atoms. The Morgan fingerprint density at radius 1 is 1.33 bits per heavy atom. The number of rotatable bonds is 8. The molecule has 102 valence electrons. The lowest BCUT2D eigenvalue weighted by atomic mass is 10.0. The molecule has 0 saturated heterocycles. The predicted octanol–water partition coefficient (Wildman–Crippen LogP) is 2.52. The number of para-hydroxylation sites is 1. The second-order valence-electron chi connectivity index (χ2n) is 4.30. The summed E-state index contributed by atoms with van der Waals surface area (Å²) in [6.45, 7) is 3.07. The topological polar surface area (TPSA) is 44.5 Å². The highest BCUT2D eigenvalue weighted by atomic mass is 19.1. The van der Waals surface area contributed by atoms with Gasteiger partial charge in [-0.2, -0.15) is 0 Å². The van der Waals surface area contributed by atoms with Gasteiger partial charge in [0.2, 0.25) is 0 Å². The molecule has 0 saturated carbocycles. The Morgan fingerprint density at radius 2 is 2.11 bits per heavy atom. The van der Waals surface area contributed by atoms with E-state index < -0.39 is 0 Å². The SMILES string of the molecule is CCC(N)Cc1cccc(F)c1OCCCOC. The first-order valence-corrected chi connectivity index (χ1v) is 6.33. The van der Waals surface area contributed by atoms with Crippen molar-refractivity contribution in [2.45, 2.75) is 32.2 Å². The summed E-state index contributed by atoms with van der Waals surface area (Å²) in [7, 11) is 1.63. The second kappa shape index (κ2) is 8.06. The van der Waals surface area contributed by atoms with Crippen LogP contribution in [0.1, 0.15) is 25.3 Å². The molecule has 18 heavy (non-hydrogen) atoms. The van der Waals surface area contributed by atoms with Crippen molar-refractivity contribution >= 4 is 0 Å². The van der Waals surface area contributed by atoms with E-state index in [1.54, 1.807) is 13.2 Å². The molecule has 0 aliphatic rings. The highest BCUT2D eigenvalue weighted by Gasteiger charge is 2.12. The fourth-order valence-electron chi connectivity index (χ4n) is 1.68. The summed E-state index contributed by atoms with van der Waals surface area (Å²) in [5.41, 5.74) is 6.74. The maximum atomic E-state index is 13.7. The maximum absolute atomic E-state index is 13.7. The van der Waals surface area contributed by atoms with E-state index in [2.05, 4.69) is 0 Å². The van der Waals surface area contributed by atoms with Crippen LogP contribution >= 0.6 is 0 Å². The van der Waals surface area contributed by atoms with Crippen molar-refractivity contribution in [3.05, 3.63) is 29.6 Å². The van der Waals surface area contributed by atoms with Gasteiger partial charge in [0.05, 0.1) is 6.61 Å². The molecule has 0 spiro atoms. The standard InChI is InChI=1S/C14H22FNO2/c1-3-12(16)10-11-6-4-7-13(15)14(11)18-9-5-8-17-2/h4,6-7,12H,3,5,8-10,16H2,1-2H3. The lowest BCUT2D eigenvalue weighted by Crippen LogP contribution is -2.22. The van der Waals surface area contributed by atoms with Gasteiger partial charge in [-0.05, 0) is 24.5 Å². The van der Waals surface area contributed by atoms with Crippen molar-refractivity contribution in [1.29, 1.82) is 0 Å². The molecule has 0 aromatic heterocycles. The molecular weight excluding hydrogens is 233 g/mol. The van der Waals surface area contributed by atoms with Crippen LogP contribution in [0.25, 0.3) is 0 Å². The third kappa shape index (κ3) is 4.63. The summed E-state index contributed by atoms with van der Waals surface area (Å²) in [5.74, 6) is 0.00530. The van der Waals surface area contributed by atoms with Crippen molar-refractivity contribution < 1.29 is 13.9 Å². The number of halogens is 1. The van der Waals surface area contributed by atoms with Gasteiger partial charge in [0, 0.05) is 26.2 Å². The van der Waals surface area contributed by atoms with Gasteiger partial charge in [-0.3, -0.25) is 0 Å². The van der Waals surface area contributed by atoms with Gasteiger partial charge in [-0.15, -0.1) is 0 Å². The molecule has 1 aromatic rings.